The van der Waals surface area contributed by atoms with Crippen molar-refractivity contribution in [3.8, 4) is 0 Å². The van der Waals surface area contributed by atoms with Gasteiger partial charge in [0.2, 0.25) is 0 Å². The second-order valence-corrected chi connectivity index (χ2v) is 7.02. The lowest BCUT2D eigenvalue weighted by atomic mass is 10.1. The minimum Gasteiger partial charge on any atom is -0.357 e. The number of aromatic nitrogens is 2. The van der Waals surface area contributed by atoms with Gasteiger partial charge in [0.1, 0.15) is 0 Å². The molecule has 0 saturated heterocycles. The summed E-state index contributed by atoms with van der Waals surface area (Å²) in [6, 6.07) is 2.19. The molecule has 1 unspecified atom stereocenters. The van der Waals surface area contributed by atoms with E-state index in [4.69, 9.17) is 4.99 Å². The third-order valence-corrected chi connectivity index (χ3v) is 5.16. The van der Waals surface area contributed by atoms with Gasteiger partial charge in [-0.15, -0.1) is 0 Å². The molecule has 5 nitrogen and oxygen atoms in total. The molecule has 0 saturated carbocycles. The molecule has 2 aromatic heterocycles. The van der Waals surface area contributed by atoms with Gasteiger partial charge >= 0.3 is 0 Å². The smallest absolute Gasteiger partial charge is 0.191 e. The van der Waals surface area contributed by atoms with Crippen molar-refractivity contribution >= 4 is 17.3 Å². The lowest BCUT2D eigenvalue weighted by Gasteiger charge is -2.15. The van der Waals surface area contributed by atoms with E-state index in [2.05, 4.69) is 60.3 Å². The van der Waals surface area contributed by atoms with Gasteiger partial charge < -0.3 is 10.6 Å². The van der Waals surface area contributed by atoms with Gasteiger partial charge in [-0.05, 0) is 48.1 Å². The zero-order valence-electron chi connectivity index (χ0n) is 16.1. The molecule has 2 N–H and O–H groups in total. The highest BCUT2D eigenvalue weighted by Crippen LogP contribution is 2.18. The van der Waals surface area contributed by atoms with Crippen molar-refractivity contribution in [1.82, 2.24) is 20.4 Å². The van der Waals surface area contributed by atoms with Crippen LogP contribution >= 0.6 is 11.3 Å². The zero-order chi connectivity index (χ0) is 18.2. The van der Waals surface area contributed by atoms with E-state index in [0.717, 1.165) is 37.6 Å². The Hall–Kier alpha value is -1.82. The number of guanidine groups is 1. The number of nitrogens with zero attached hydrogens (tertiary/aromatic N) is 3. The van der Waals surface area contributed by atoms with Gasteiger partial charge in [0, 0.05) is 31.4 Å². The molecule has 2 heterocycles. The van der Waals surface area contributed by atoms with Crippen molar-refractivity contribution in [2.45, 2.75) is 53.0 Å². The van der Waals surface area contributed by atoms with Gasteiger partial charge in [-0.3, -0.25) is 4.68 Å². The molecule has 138 valence electrons. The molecule has 0 aliphatic rings. The molecule has 0 bridgehead atoms. The molecule has 6 heteroatoms. The summed E-state index contributed by atoms with van der Waals surface area (Å²) < 4.78 is 2.00. The van der Waals surface area contributed by atoms with Gasteiger partial charge in [0.15, 0.2) is 5.96 Å². The maximum atomic E-state index is 4.81. The average Bonchev–Trinajstić information content (AvgIpc) is 3.24. The first-order valence-electron chi connectivity index (χ1n) is 9.18. The van der Waals surface area contributed by atoms with Crippen LogP contribution < -0.4 is 10.6 Å². The molecule has 2 aromatic rings. The van der Waals surface area contributed by atoms with Crippen LogP contribution in [-0.2, 0) is 26.4 Å². The van der Waals surface area contributed by atoms with Crippen molar-refractivity contribution in [2.75, 3.05) is 13.1 Å². The highest BCUT2D eigenvalue weighted by Gasteiger charge is 2.13. The molecule has 0 fully saturated rings. The third kappa shape index (κ3) is 5.08. The van der Waals surface area contributed by atoms with Gasteiger partial charge in [-0.1, -0.05) is 20.8 Å². The predicted molar refractivity (Wildman–Crippen MR) is 108 cm³/mol. The molecule has 0 aromatic carbocycles. The summed E-state index contributed by atoms with van der Waals surface area (Å²) in [5.74, 6) is 1.34. The van der Waals surface area contributed by atoms with Crippen LogP contribution in [0.25, 0.3) is 0 Å². The van der Waals surface area contributed by atoms with Crippen LogP contribution in [0, 0.1) is 0 Å². The Bertz CT molecular complexity index is 672. The molecule has 0 spiro atoms. The zero-order valence-corrected chi connectivity index (χ0v) is 16.9. The van der Waals surface area contributed by atoms with Crippen molar-refractivity contribution in [3.05, 3.63) is 39.3 Å². The Morgan fingerprint density at radius 3 is 2.68 bits per heavy atom. The van der Waals surface area contributed by atoms with E-state index in [1.54, 1.807) is 11.3 Å². The minimum absolute atomic E-state index is 0.464. The Labute approximate surface area is 155 Å². The molecular formula is C19H31N5S. The first kappa shape index (κ1) is 19.5. The van der Waals surface area contributed by atoms with Crippen LogP contribution in [0.15, 0.2) is 21.8 Å². The summed E-state index contributed by atoms with van der Waals surface area (Å²) in [7, 11) is 2.02. The van der Waals surface area contributed by atoms with Crippen molar-refractivity contribution in [2.24, 2.45) is 12.0 Å². The maximum Gasteiger partial charge on any atom is 0.191 e. The predicted octanol–water partition coefficient (Wildman–Crippen LogP) is 3.47. The molecule has 2 rings (SSSR count). The van der Waals surface area contributed by atoms with Crippen LogP contribution in [0.3, 0.4) is 0 Å². The van der Waals surface area contributed by atoms with Crippen molar-refractivity contribution in [3.63, 3.8) is 0 Å². The number of thiophene rings is 1. The van der Waals surface area contributed by atoms with Gasteiger partial charge in [-0.2, -0.15) is 16.4 Å². The number of nitrogens with one attached hydrogen (secondary N) is 2. The second-order valence-electron chi connectivity index (χ2n) is 6.24. The lowest BCUT2D eigenvalue weighted by molar-refractivity contribution is 0.699. The highest BCUT2D eigenvalue weighted by molar-refractivity contribution is 7.07. The van der Waals surface area contributed by atoms with Crippen LogP contribution in [0.1, 0.15) is 56.1 Å². The molecular weight excluding hydrogens is 330 g/mol. The quantitative estimate of drug-likeness (QED) is 0.559. The Kier molecular flexibility index (Phi) is 7.50. The monoisotopic (exact) mass is 361 g/mol. The molecule has 1 atom stereocenters. The Morgan fingerprint density at radius 1 is 1.28 bits per heavy atom. The summed E-state index contributed by atoms with van der Waals surface area (Å²) >= 11 is 1.75. The van der Waals surface area contributed by atoms with E-state index in [1.807, 2.05) is 11.7 Å². The van der Waals surface area contributed by atoms with E-state index in [-0.39, 0.29) is 0 Å². The number of rotatable bonds is 8. The third-order valence-electron chi connectivity index (χ3n) is 4.46. The van der Waals surface area contributed by atoms with E-state index < -0.39 is 0 Å². The fourth-order valence-electron chi connectivity index (χ4n) is 3.00. The number of hydrogen-bond donors (Lipinski definition) is 2. The fraction of sp³-hybridized carbons (Fsp3) is 0.579. The number of aryl methyl sites for hydroxylation is 2. The van der Waals surface area contributed by atoms with Gasteiger partial charge in [0.25, 0.3) is 0 Å². The SMILES string of the molecule is CCNC(=NCc1c(CC)nn(C)c1CC)NCC(C)c1ccsc1. The van der Waals surface area contributed by atoms with Crippen molar-refractivity contribution in [1.29, 1.82) is 0 Å². The van der Waals surface area contributed by atoms with Gasteiger partial charge in [-0.25, -0.2) is 4.99 Å². The number of hydrogen-bond acceptors (Lipinski definition) is 3. The van der Waals surface area contributed by atoms with Crippen LogP contribution in [0.2, 0.25) is 0 Å². The van der Waals surface area contributed by atoms with Gasteiger partial charge in [0.05, 0.1) is 12.2 Å². The maximum absolute atomic E-state index is 4.81. The molecule has 0 aliphatic heterocycles. The Morgan fingerprint density at radius 2 is 2.08 bits per heavy atom. The van der Waals surface area contributed by atoms with E-state index in [1.165, 1.54) is 16.8 Å². The van der Waals surface area contributed by atoms with E-state index >= 15 is 0 Å². The first-order chi connectivity index (χ1) is 12.1. The topological polar surface area (TPSA) is 54.2 Å². The molecule has 0 radical (unpaired) electrons. The second kappa shape index (κ2) is 9.61. The summed E-state index contributed by atoms with van der Waals surface area (Å²) in [6.45, 7) is 11.1. The largest absolute Gasteiger partial charge is 0.357 e. The van der Waals surface area contributed by atoms with E-state index in [9.17, 15) is 0 Å². The van der Waals surface area contributed by atoms with Crippen LogP contribution in [0.5, 0.6) is 0 Å². The molecule has 0 amide bonds. The standard InChI is InChI=1S/C19H31N5S/c1-6-17-16(18(7-2)24(5)23-17)12-22-19(20-8-3)21-11-14(4)15-9-10-25-13-15/h9-10,13-14H,6-8,11-12H2,1-5H3,(H2,20,21,22). The molecule has 25 heavy (non-hydrogen) atoms. The lowest BCUT2D eigenvalue weighted by Crippen LogP contribution is -2.39. The summed E-state index contributed by atoms with van der Waals surface area (Å²) in [4.78, 5) is 4.81. The Balaban J connectivity index is 2.07. The normalized spacial score (nSPS) is 13.1. The fourth-order valence-corrected chi connectivity index (χ4v) is 3.78. The van der Waals surface area contributed by atoms with Crippen molar-refractivity contribution < 1.29 is 0 Å². The van der Waals surface area contributed by atoms with E-state index in [0.29, 0.717) is 12.5 Å². The minimum atomic E-state index is 0.464. The average molecular weight is 362 g/mol. The molecule has 0 aliphatic carbocycles. The van der Waals surface area contributed by atoms with Crippen LogP contribution in [-0.4, -0.2) is 28.8 Å². The summed E-state index contributed by atoms with van der Waals surface area (Å²) in [5, 5.41) is 15.8. The summed E-state index contributed by atoms with van der Waals surface area (Å²) in [6.07, 6.45) is 1.92. The first-order valence-corrected chi connectivity index (χ1v) is 10.1. The summed E-state index contributed by atoms with van der Waals surface area (Å²) in [5.41, 5.74) is 5.09. The highest BCUT2D eigenvalue weighted by atomic mass is 32.1. The number of aliphatic imine (C=N–C) groups is 1. The van der Waals surface area contributed by atoms with Crippen LogP contribution in [0.4, 0.5) is 0 Å².